The summed E-state index contributed by atoms with van der Waals surface area (Å²) in [6.45, 7) is 17.7. The minimum absolute atomic E-state index is 0.00853. The van der Waals surface area contributed by atoms with Gasteiger partial charge >= 0.3 is 0 Å². The van der Waals surface area contributed by atoms with Crippen molar-refractivity contribution in [1.29, 1.82) is 0 Å². The number of hydrogen-bond donors (Lipinski definition) is 0. The van der Waals surface area contributed by atoms with E-state index >= 15 is 0 Å². The van der Waals surface area contributed by atoms with E-state index < -0.39 is 0 Å². The van der Waals surface area contributed by atoms with E-state index in [9.17, 15) is 0 Å². The van der Waals surface area contributed by atoms with Crippen molar-refractivity contribution >= 4 is 21.8 Å². The van der Waals surface area contributed by atoms with Crippen molar-refractivity contribution in [3.8, 4) is 34.1 Å². The Labute approximate surface area is 277 Å². The van der Waals surface area contributed by atoms with E-state index in [4.69, 9.17) is 14.8 Å². The van der Waals surface area contributed by atoms with Crippen molar-refractivity contribution in [2.24, 2.45) is 0 Å². The highest BCUT2D eigenvalue weighted by Gasteiger charge is 2.20. The predicted molar refractivity (Wildman–Crippen MR) is 195 cm³/mol. The third-order valence-electron chi connectivity index (χ3n) is 9.10. The third kappa shape index (κ3) is 5.71. The Balaban J connectivity index is 1.33. The van der Waals surface area contributed by atoms with Crippen molar-refractivity contribution in [2.45, 2.75) is 66.2 Å². The molecule has 4 aromatic carbocycles. The Morgan fingerprint density at radius 2 is 1.36 bits per heavy atom. The van der Waals surface area contributed by atoms with Crippen LogP contribution in [0.1, 0.15) is 63.8 Å². The Bertz CT molecular complexity index is 2250. The lowest BCUT2D eigenvalue weighted by Crippen LogP contribution is -2.12. The summed E-state index contributed by atoms with van der Waals surface area (Å²) in [5.41, 5.74) is 10.3. The van der Waals surface area contributed by atoms with E-state index in [1.165, 1.54) is 33.2 Å². The molecule has 0 aliphatic rings. The van der Waals surface area contributed by atoms with Crippen LogP contribution in [0.15, 0.2) is 110 Å². The van der Waals surface area contributed by atoms with E-state index in [2.05, 4.69) is 157 Å². The Kier molecular flexibility index (Phi) is 7.31. The number of ether oxygens (including phenoxy) is 1. The van der Waals surface area contributed by atoms with Crippen LogP contribution >= 0.6 is 0 Å². The minimum atomic E-state index is -0.0865. The first-order valence-corrected chi connectivity index (χ1v) is 16.3. The van der Waals surface area contributed by atoms with Crippen LogP contribution < -0.4 is 4.74 Å². The van der Waals surface area contributed by atoms with Gasteiger partial charge in [0.15, 0.2) is 0 Å². The minimum Gasteiger partial charge on any atom is -0.457 e. The normalized spacial score (nSPS) is 12.3. The lowest BCUT2D eigenvalue weighted by Gasteiger charge is -2.21. The number of rotatable bonds is 5. The number of hydrogen-bond acceptors (Lipinski definition) is 3. The molecule has 7 rings (SSSR count). The first-order chi connectivity index (χ1) is 22.4. The molecule has 5 nitrogen and oxygen atoms in total. The van der Waals surface area contributed by atoms with Crippen molar-refractivity contribution in [1.82, 2.24) is 19.3 Å². The van der Waals surface area contributed by atoms with Crippen LogP contribution in [-0.2, 0) is 10.8 Å². The summed E-state index contributed by atoms with van der Waals surface area (Å²) in [5, 5.41) is 7.15. The van der Waals surface area contributed by atoms with E-state index in [1.54, 1.807) is 0 Å². The van der Waals surface area contributed by atoms with Gasteiger partial charge in [-0.05, 0) is 95.0 Å². The number of para-hydroxylation sites is 1. The number of nitrogens with zero attached hydrogens (tertiary/aromatic N) is 4. The summed E-state index contributed by atoms with van der Waals surface area (Å²) >= 11 is 0. The van der Waals surface area contributed by atoms with Gasteiger partial charge in [0.25, 0.3) is 0 Å². The van der Waals surface area contributed by atoms with Gasteiger partial charge in [-0.25, -0.2) is 9.67 Å². The Morgan fingerprint density at radius 3 is 2.11 bits per heavy atom. The summed E-state index contributed by atoms with van der Waals surface area (Å²) in [6, 6.07) is 32.0. The summed E-state index contributed by atoms with van der Waals surface area (Å²) < 4.78 is 10.9. The van der Waals surface area contributed by atoms with Crippen LogP contribution in [-0.4, -0.2) is 19.3 Å². The first-order valence-electron chi connectivity index (χ1n) is 16.3. The topological polar surface area (TPSA) is 44.9 Å². The molecule has 0 fully saturated rings. The maximum Gasteiger partial charge on any atom is 0.137 e. The molecule has 0 unspecified atom stereocenters. The zero-order chi connectivity index (χ0) is 33.1. The molecule has 3 aromatic heterocycles. The molecule has 0 N–H and O–H groups in total. The lowest BCUT2D eigenvalue weighted by molar-refractivity contribution is 0.478. The molecule has 0 bridgehead atoms. The molecule has 0 saturated carbocycles. The number of aryl methyl sites for hydroxylation is 2. The maximum absolute atomic E-state index is 6.70. The van der Waals surface area contributed by atoms with Gasteiger partial charge in [0.2, 0.25) is 0 Å². The molecule has 3 heterocycles. The van der Waals surface area contributed by atoms with Gasteiger partial charge in [-0.2, -0.15) is 5.10 Å². The highest BCUT2D eigenvalue weighted by Crippen LogP contribution is 2.37. The van der Waals surface area contributed by atoms with Gasteiger partial charge < -0.3 is 4.74 Å². The van der Waals surface area contributed by atoms with E-state index in [0.717, 1.165) is 45.0 Å². The molecule has 236 valence electrons. The highest BCUT2D eigenvalue weighted by atomic mass is 16.5. The molecular formula is C42H42N4O. The third-order valence-corrected chi connectivity index (χ3v) is 9.10. The van der Waals surface area contributed by atoms with Crippen LogP contribution in [0.3, 0.4) is 0 Å². The van der Waals surface area contributed by atoms with Gasteiger partial charge in [-0.15, -0.1) is 0 Å². The van der Waals surface area contributed by atoms with E-state index in [-0.39, 0.29) is 10.8 Å². The van der Waals surface area contributed by atoms with Gasteiger partial charge in [0.1, 0.15) is 17.3 Å². The molecule has 0 aliphatic heterocycles. The maximum atomic E-state index is 6.70. The fourth-order valence-electron chi connectivity index (χ4n) is 6.47. The molecule has 0 radical (unpaired) electrons. The summed E-state index contributed by atoms with van der Waals surface area (Å²) in [6.07, 6.45) is 5.98. The zero-order valence-electron chi connectivity index (χ0n) is 28.6. The zero-order valence-corrected chi connectivity index (χ0v) is 28.6. The molecule has 0 amide bonds. The van der Waals surface area contributed by atoms with Crippen molar-refractivity contribution in [2.75, 3.05) is 0 Å². The fraction of sp³-hybridized carbons (Fsp3) is 0.238. The van der Waals surface area contributed by atoms with Crippen molar-refractivity contribution in [3.63, 3.8) is 0 Å². The number of fused-ring (bicyclic) bond motifs is 3. The molecule has 0 aliphatic carbocycles. The lowest BCUT2D eigenvalue weighted by atomic mass is 9.86. The molecule has 0 saturated heterocycles. The summed E-state index contributed by atoms with van der Waals surface area (Å²) in [4.78, 5) is 4.84. The van der Waals surface area contributed by atoms with Gasteiger partial charge in [0.05, 0.1) is 22.9 Å². The fourth-order valence-corrected chi connectivity index (χ4v) is 6.47. The van der Waals surface area contributed by atoms with Crippen LogP contribution in [0.25, 0.3) is 44.4 Å². The number of aromatic nitrogens is 4. The van der Waals surface area contributed by atoms with Gasteiger partial charge in [-0.3, -0.25) is 4.57 Å². The Morgan fingerprint density at radius 1 is 0.638 bits per heavy atom. The first kappa shape index (κ1) is 30.5. The average Bonchev–Trinajstić information content (AvgIpc) is 3.63. The monoisotopic (exact) mass is 618 g/mol. The van der Waals surface area contributed by atoms with Crippen LogP contribution in [0.2, 0.25) is 0 Å². The molecule has 7 aromatic rings. The molecule has 47 heavy (non-hydrogen) atoms. The predicted octanol–water partition coefficient (Wildman–Crippen LogP) is 11.0. The molecule has 0 spiro atoms. The van der Waals surface area contributed by atoms with E-state index in [1.807, 2.05) is 17.1 Å². The van der Waals surface area contributed by atoms with Gasteiger partial charge in [-0.1, -0.05) is 77.9 Å². The standard InChI is InChI=1S/C42H42N4O/c1-27-12-11-13-28(2)40(27)29-25-44-45(26-29)32-20-31(42(6,7)8)21-34(23-32)47-33-16-17-36-35-14-9-10-15-37(35)46(38(36)24-33)39-22-30(18-19-43-39)41(3,4)5/h9-26H,1-8H3. The average molecular weight is 619 g/mol. The second-order valence-corrected chi connectivity index (χ2v) is 14.7. The van der Waals surface area contributed by atoms with Gasteiger partial charge in [0, 0.05) is 40.9 Å². The molecule has 5 heteroatoms. The second kappa shape index (κ2) is 11.3. The van der Waals surface area contributed by atoms with Crippen LogP contribution in [0.5, 0.6) is 11.5 Å². The van der Waals surface area contributed by atoms with Crippen molar-refractivity contribution < 1.29 is 4.74 Å². The summed E-state index contributed by atoms with van der Waals surface area (Å²) in [5.74, 6) is 2.44. The quantitative estimate of drug-likeness (QED) is 0.193. The largest absolute Gasteiger partial charge is 0.457 e. The van der Waals surface area contributed by atoms with Crippen molar-refractivity contribution in [3.05, 3.63) is 132 Å². The smallest absolute Gasteiger partial charge is 0.137 e. The van der Waals surface area contributed by atoms with Crippen LogP contribution in [0.4, 0.5) is 0 Å². The second-order valence-electron chi connectivity index (χ2n) is 14.7. The SMILES string of the molecule is Cc1cccc(C)c1-c1cnn(-c2cc(Oc3ccc4c5ccccc5n(-c5cc(C(C)(C)C)ccn5)c4c3)cc(C(C)(C)C)c2)c1. The Hall–Kier alpha value is -5.16. The van der Waals surface area contributed by atoms with Crippen LogP contribution in [0, 0.1) is 13.8 Å². The van der Waals surface area contributed by atoms with E-state index in [0.29, 0.717) is 0 Å². The molecule has 0 atom stereocenters. The number of pyridine rings is 1. The highest BCUT2D eigenvalue weighted by molar-refractivity contribution is 6.09. The number of benzene rings is 4. The molecular weight excluding hydrogens is 576 g/mol. The summed E-state index contributed by atoms with van der Waals surface area (Å²) in [7, 11) is 0.